The average molecular weight is 503 g/mol. The molecule has 14 nitrogen and oxygen atoms in total. The summed E-state index contributed by atoms with van der Waals surface area (Å²) in [4.78, 5) is 43.8. The molecule has 1 aromatic rings. The van der Waals surface area contributed by atoms with Crippen molar-refractivity contribution in [3.63, 3.8) is 0 Å². The van der Waals surface area contributed by atoms with Crippen LogP contribution in [0, 0.1) is 26.1 Å². The van der Waals surface area contributed by atoms with Crippen LogP contribution in [0.4, 0.5) is 16.2 Å². The molecule has 1 fully saturated rings. The third-order valence-corrected chi connectivity index (χ3v) is 7.07. The van der Waals surface area contributed by atoms with Crippen molar-refractivity contribution in [3.8, 4) is 0 Å². The summed E-state index contributed by atoms with van der Waals surface area (Å²) in [7, 11) is -3.12. The molecule has 1 heterocycles. The van der Waals surface area contributed by atoms with Crippen LogP contribution >= 0.6 is 0 Å². The summed E-state index contributed by atoms with van der Waals surface area (Å²) >= 11 is 0. The molecule has 0 aromatic heterocycles. The number of nitro benzene ring substituents is 2. The predicted octanol–water partition coefficient (Wildman–Crippen LogP) is 1.97. The Bertz CT molecular complexity index is 1050. The van der Waals surface area contributed by atoms with Crippen molar-refractivity contribution in [3.05, 3.63) is 38.4 Å². The number of methoxy groups -OCH3 is 1. The molecule has 1 aliphatic rings. The highest BCUT2D eigenvalue weighted by atomic mass is 32.2. The lowest BCUT2D eigenvalue weighted by Gasteiger charge is -2.31. The molecule has 1 aliphatic heterocycles. The van der Waals surface area contributed by atoms with Crippen molar-refractivity contribution in [2.45, 2.75) is 50.2 Å². The second-order valence-corrected chi connectivity index (χ2v) is 9.93. The maximum Gasteiger partial charge on any atom is 0.408 e. The van der Waals surface area contributed by atoms with Gasteiger partial charge >= 0.3 is 12.1 Å². The van der Waals surface area contributed by atoms with E-state index in [0.717, 1.165) is 16.4 Å². The van der Waals surface area contributed by atoms with Gasteiger partial charge < -0.3 is 14.8 Å². The number of ether oxygens (including phenoxy) is 2. The van der Waals surface area contributed by atoms with Crippen molar-refractivity contribution in [1.82, 2.24) is 9.62 Å². The number of rotatable bonds is 9. The van der Waals surface area contributed by atoms with Gasteiger partial charge in [0, 0.05) is 19.2 Å². The topological polar surface area (TPSA) is 188 Å². The minimum absolute atomic E-state index is 0.0964. The zero-order valence-electron chi connectivity index (χ0n) is 18.8. The lowest BCUT2D eigenvalue weighted by atomic mass is 10.0. The van der Waals surface area contributed by atoms with Crippen molar-refractivity contribution in [1.29, 1.82) is 0 Å². The van der Waals surface area contributed by atoms with Crippen molar-refractivity contribution in [2.75, 3.05) is 20.2 Å². The second-order valence-electron chi connectivity index (χ2n) is 8.02. The summed E-state index contributed by atoms with van der Waals surface area (Å²) in [5, 5.41) is 24.7. The van der Waals surface area contributed by atoms with Crippen LogP contribution in [0.2, 0.25) is 0 Å². The maximum atomic E-state index is 13.0. The Morgan fingerprint density at radius 1 is 1.18 bits per heavy atom. The van der Waals surface area contributed by atoms with E-state index in [1.807, 2.05) is 13.8 Å². The Labute approximate surface area is 195 Å². The second kappa shape index (κ2) is 11.2. The zero-order chi connectivity index (χ0) is 25.6. The molecule has 1 aromatic carbocycles. The van der Waals surface area contributed by atoms with Gasteiger partial charge in [0.2, 0.25) is 10.0 Å². The predicted molar refractivity (Wildman–Crippen MR) is 116 cm³/mol. The average Bonchev–Trinajstić information content (AvgIpc) is 2.77. The molecule has 0 unspecified atom stereocenters. The number of sulfonamides is 1. The quantitative estimate of drug-likeness (QED) is 0.297. The normalized spacial score (nSPS) is 16.0. The molecular weight excluding hydrogens is 476 g/mol. The van der Waals surface area contributed by atoms with Gasteiger partial charge in [0.25, 0.3) is 11.4 Å². The highest BCUT2D eigenvalue weighted by Gasteiger charge is 2.36. The number of esters is 1. The van der Waals surface area contributed by atoms with E-state index in [2.05, 4.69) is 10.1 Å². The molecule has 34 heavy (non-hydrogen) atoms. The van der Waals surface area contributed by atoms with Crippen LogP contribution in [0.3, 0.4) is 0 Å². The van der Waals surface area contributed by atoms with Gasteiger partial charge in [-0.2, -0.15) is 4.31 Å². The number of carbonyl (C=O) groups excluding carboxylic acids is 2. The van der Waals surface area contributed by atoms with E-state index in [0.29, 0.717) is 12.5 Å². The Kier molecular flexibility index (Phi) is 8.86. The fourth-order valence-electron chi connectivity index (χ4n) is 3.46. The van der Waals surface area contributed by atoms with Crippen LogP contribution in [0.1, 0.15) is 33.1 Å². The van der Waals surface area contributed by atoms with Crippen molar-refractivity contribution in [2.24, 2.45) is 5.92 Å². The van der Waals surface area contributed by atoms with E-state index in [1.165, 1.54) is 7.11 Å². The Hall–Kier alpha value is -3.33. The molecule has 2 rings (SSSR count). The Morgan fingerprint density at radius 2 is 1.79 bits per heavy atom. The molecular formula is C19H26N4O10S. The van der Waals surface area contributed by atoms with Gasteiger partial charge in [-0.1, -0.05) is 13.8 Å². The van der Waals surface area contributed by atoms with Crippen LogP contribution in [0.15, 0.2) is 23.1 Å². The zero-order valence-corrected chi connectivity index (χ0v) is 19.6. The van der Waals surface area contributed by atoms with E-state index >= 15 is 0 Å². The third kappa shape index (κ3) is 6.60. The number of non-ortho nitro benzene ring substituents is 1. The van der Waals surface area contributed by atoms with E-state index < -0.39 is 60.3 Å². The summed E-state index contributed by atoms with van der Waals surface area (Å²) in [5.74, 6) is -0.516. The molecule has 0 aliphatic carbocycles. The van der Waals surface area contributed by atoms with Crippen molar-refractivity contribution >= 4 is 33.5 Å². The summed E-state index contributed by atoms with van der Waals surface area (Å²) in [6, 6.07) is 1.43. The summed E-state index contributed by atoms with van der Waals surface area (Å²) in [5.41, 5.74) is -1.50. The van der Waals surface area contributed by atoms with Gasteiger partial charge in [-0.05, 0) is 31.2 Å². The van der Waals surface area contributed by atoms with E-state index in [-0.39, 0.29) is 31.8 Å². The number of nitrogens with zero attached hydrogens (tertiary/aromatic N) is 3. The SMILES string of the molecule is COC(=O)[C@H](CC(C)C)NC(=O)OC1CCN(S(=O)(=O)c2ccc([N+](=O)[O-])cc2[N+](=O)[O-])CC1. The van der Waals surface area contributed by atoms with Gasteiger partial charge in [-0.3, -0.25) is 20.2 Å². The number of hydrogen-bond donors (Lipinski definition) is 1. The Morgan fingerprint density at radius 3 is 2.29 bits per heavy atom. The van der Waals surface area contributed by atoms with E-state index in [9.17, 15) is 38.2 Å². The van der Waals surface area contributed by atoms with Gasteiger partial charge in [0.15, 0.2) is 4.90 Å². The number of benzene rings is 1. The number of carbonyl (C=O) groups is 2. The minimum Gasteiger partial charge on any atom is -0.467 e. The molecule has 0 spiro atoms. The molecule has 1 atom stereocenters. The minimum atomic E-state index is -4.33. The molecule has 15 heteroatoms. The molecule has 188 valence electrons. The lowest BCUT2D eigenvalue weighted by molar-refractivity contribution is -0.396. The van der Waals surface area contributed by atoms with Gasteiger partial charge in [0.05, 0.1) is 23.0 Å². The number of nitrogens with one attached hydrogen (secondary N) is 1. The van der Waals surface area contributed by atoms with E-state index in [4.69, 9.17) is 4.74 Å². The largest absolute Gasteiger partial charge is 0.467 e. The Balaban J connectivity index is 2.05. The monoisotopic (exact) mass is 502 g/mol. The van der Waals surface area contributed by atoms with Crippen molar-refractivity contribution < 1.29 is 37.3 Å². The standard InChI is InChI=1S/C19H26N4O10S/c1-12(2)10-15(18(24)32-3)20-19(25)33-14-6-8-21(9-7-14)34(30,31)17-5-4-13(22(26)27)11-16(17)23(28)29/h4-5,11-12,14-15H,6-10H2,1-3H3,(H,20,25)/t15-/m0/s1. The first-order chi connectivity index (χ1) is 15.9. The first-order valence-electron chi connectivity index (χ1n) is 10.3. The fourth-order valence-corrected chi connectivity index (χ4v) is 5.07. The maximum absolute atomic E-state index is 13.0. The van der Waals surface area contributed by atoms with Crippen LogP contribution in [0.25, 0.3) is 0 Å². The lowest BCUT2D eigenvalue weighted by Crippen LogP contribution is -2.46. The number of nitro groups is 2. The molecule has 0 saturated carbocycles. The molecule has 1 amide bonds. The van der Waals surface area contributed by atoms with Crippen LogP contribution < -0.4 is 5.32 Å². The molecule has 1 saturated heterocycles. The summed E-state index contributed by atoms with van der Waals surface area (Å²) < 4.78 is 36.9. The van der Waals surface area contributed by atoms with Gasteiger partial charge in [0.1, 0.15) is 12.1 Å². The highest BCUT2D eigenvalue weighted by molar-refractivity contribution is 7.89. The summed E-state index contributed by atoms with van der Waals surface area (Å²) in [6.45, 7) is 3.55. The molecule has 0 bridgehead atoms. The number of alkyl carbamates (subject to hydrolysis) is 1. The fraction of sp³-hybridized carbons (Fsp3) is 0.579. The van der Waals surface area contributed by atoms with Crippen LogP contribution in [-0.4, -0.2) is 67.0 Å². The number of piperidine rings is 1. The highest BCUT2D eigenvalue weighted by Crippen LogP contribution is 2.32. The summed E-state index contributed by atoms with van der Waals surface area (Å²) in [6.07, 6.45) is -0.924. The first kappa shape index (κ1) is 26.9. The number of hydrogen-bond acceptors (Lipinski definition) is 10. The van der Waals surface area contributed by atoms with E-state index in [1.54, 1.807) is 0 Å². The van der Waals surface area contributed by atoms with Gasteiger partial charge in [-0.25, -0.2) is 18.0 Å². The molecule has 1 N–H and O–H groups in total. The van der Waals surface area contributed by atoms with Crippen LogP contribution in [-0.2, 0) is 24.3 Å². The number of amides is 1. The first-order valence-corrected chi connectivity index (χ1v) is 11.8. The third-order valence-electron chi connectivity index (χ3n) is 5.13. The molecule has 0 radical (unpaired) electrons. The van der Waals surface area contributed by atoms with Crippen LogP contribution in [0.5, 0.6) is 0 Å². The van der Waals surface area contributed by atoms with Gasteiger partial charge in [-0.15, -0.1) is 0 Å². The smallest absolute Gasteiger partial charge is 0.408 e.